The maximum Gasteiger partial charge on any atom is 0.204 e. The van der Waals surface area contributed by atoms with Gasteiger partial charge in [-0.2, -0.15) is 0 Å². The molecule has 2 aromatic carbocycles. The van der Waals surface area contributed by atoms with Crippen molar-refractivity contribution in [1.29, 1.82) is 0 Å². The second kappa shape index (κ2) is 5.15. The molecule has 120 valence electrons. The van der Waals surface area contributed by atoms with Gasteiger partial charge in [-0.25, -0.2) is 0 Å². The van der Waals surface area contributed by atoms with Gasteiger partial charge in [-0.05, 0) is 29.7 Å². The smallest absolute Gasteiger partial charge is 0.204 e. The molecule has 3 N–H and O–H groups in total. The zero-order chi connectivity index (χ0) is 16.1. The van der Waals surface area contributed by atoms with Crippen molar-refractivity contribution in [1.82, 2.24) is 5.32 Å². The maximum absolute atomic E-state index is 10.8. The van der Waals surface area contributed by atoms with Crippen LogP contribution in [-0.4, -0.2) is 31.0 Å². The Bertz CT molecular complexity index is 787. The molecule has 0 saturated carbocycles. The van der Waals surface area contributed by atoms with Gasteiger partial charge in [0.15, 0.2) is 11.5 Å². The number of ether oxygens (including phenoxy) is 2. The van der Waals surface area contributed by atoms with Crippen LogP contribution in [0.25, 0.3) is 11.1 Å². The zero-order valence-corrected chi connectivity index (χ0v) is 13.1. The fraction of sp³-hybridized carbons (Fsp3) is 0.333. The molecule has 2 aliphatic rings. The Balaban J connectivity index is 2.15. The topological polar surface area (TPSA) is 71.0 Å². The lowest BCUT2D eigenvalue weighted by atomic mass is 9.75. The molecule has 1 heterocycles. The third-order valence-corrected chi connectivity index (χ3v) is 4.85. The second-order valence-electron chi connectivity index (χ2n) is 5.90. The molecule has 5 heteroatoms. The second-order valence-corrected chi connectivity index (χ2v) is 5.90. The van der Waals surface area contributed by atoms with Gasteiger partial charge in [-0.1, -0.05) is 24.3 Å². The summed E-state index contributed by atoms with van der Waals surface area (Å²) in [7, 11) is 3.10. The van der Waals surface area contributed by atoms with E-state index < -0.39 is 6.10 Å². The molecule has 0 saturated heterocycles. The first-order chi connectivity index (χ1) is 11.2. The van der Waals surface area contributed by atoms with Crippen LogP contribution in [0.1, 0.15) is 28.8 Å². The number of aliphatic hydroxyl groups excluding tert-OH is 1. The maximum atomic E-state index is 10.8. The van der Waals surface area contributed by atoms with Crippen molar-refractivity contribution < 1.29 is 19.7 Å². The fourth-order valence-corrected chi connectivity index (χ4v) is 3.89. The molecule has 0 spiro atoms. The Morgan fingerprint density at radius 1 is 1.13 bits per heavy atom. The molecular weight excluding hydrogens is 294 g/mol. The molecule has 0 aromatic heterocycles. The van der Waals surface area contributed by atoms with Gasteiger partial charge in [0.25, 0.3) is 0 Å². The lowest BCUT2D eigenvalue weighted by Gasteiger charge is -2.39. The van der Waals surface area contributed by atoms with Gasteiger partial charge >= 0.3 is 0 Å². The molecule has 0 amide bonds. The van der Waals surface area contributed by atoms with Gasteiger partial charge in [0, 0.05) is 11.1 Å². The Morgan fingerprint density at radius 2 is 1.87 bits per heavy atom. The van der Waals surface area contributed by atoms with Crippen LogP contribution in [0.15, 0.2) is 24.3 Å². The summed E-state index contributed by atoms with van der Waals surface area (Å²) in [6, 6.07) is 7.50. The Morgan fingerprint density at radius 3 is 2.61 bits per heavy atom. The molecule has 2 aromatic rings. The number of fused-ring (bicyclic) bond motifs is 2. The Labute approximate surface area is 134 Å². The first kappa shape index (κ1) is 14.4. The molecule has 0 bridgehead atoms. The van der Waals surface area contributed by atoms with E-state index in [2.05, 4.69) is 5.32 Å². The highest BCUT2D eigenvalue weighted by atomic mass is 16.5. The van der Waals surface area contributed by atoms with Gasteiger partial charge in [-0.15, -0.1) is 0 Å². The lowest BCUT2D eigenvalue weighted by molar-refractivity contribution is 0.123. The molecule has 0 radical (unpaired) electrons. The number of aromatic hydroxyl groups is 1. The van der Waals surface area contributed by atoms with Crippen molar-refractivity contribution in [2.75, 3.05) is 20.8 Å². The first-order valence-corrected chi connectivity index (χ1v) is 7.69. The molecular formula is C18H19NO4. The number of aliphatic hydroxyl groups is 1. The Kier molecular flexibility index (Phi) is 3.21. The SMILES string of the molecule is COc1c(O)c2c3c(c1OC)-c1ccccc1C(O)C3NCC2. The third-order valence-electron chi connectivity index (χ3n) is 4.85. The van der Waals surface area contributed by atoms with E-state index in [1.165, 1.54) is 7.11 Å². The van der Waals surface area contributed by atoms with E-state index in [9.17, 15) is 10.2 Å². The molecule has 4 rings (SSSR count). The summed E-state index contributed by atoms with van der Waals surface area (Å²) in [5, 5.41) is 24.8. The molecule has 1 aliphatic carbocycles. The normalized spacial score (nSPS) is 21.3. The Hall–Kier alpha value is -2.24. The van der Waals surface area contributed by atoms with Crippen LogP contribution in [0.5, 0.6) is 17.2 Å². The van der Waals surface area contributed by atoms with E-state index in [1.807, 2.05) is 24.3 Å². The summed E-state index contributed by atoms with van der Waals surface area (Å²) in [6.07, 6.45) is 0.0233. The van der Waals surface area contributed by atoms with Crippen molar-refractivity contribution >= 4 is 0 Å². The van der Waals surface area contributed by atoms with Gasteiger partial charge in [0.1, 0.15) is 0 Å². The summed E-state index contributed by atoms with van der Waals surface area (Å²) in [4.78, 5) is 0. The van der Waals surface area contributed by atoms with Crippen molar-refractivity contribution in [3.63, 3.8) is 0 Å². The third kappa shape index (κ3) is 1.81. The van der Waals surface area contributed by atoms with Crippen LogP contribution in [0.4, 0.5) is 0 Å². The summed E-state index contributed by atoms with van der Waals surface area (Å²) in [5.41, 5.74) is 4.42. The number of rotatable bonds is 2. The van der Waals surface area contributed by atoms with Crippen LogP contribution in [0.3, 0.4) is 0 Å². The number of hydrogen-bond acceptors (Lipinski definition) is 5. The first-order valence-electron chi connectivity index (χ1n) is 7.69. The van der Waals surface area contributed by atoms with Crippen LogP contribution in [-0.2, 0) is 6.42 Å². The number of hydrogen-bond donors (Lipinski definition) is 3. The molecule has 1 aliphatic heterocycles. The minimum absolute atomic E-state index is 0.112. The number of benzene rings is 2. The standard InChI is InChI=1S/C18H19NO4/c1-22-17-13-9-5-3-4-6-10(9)15(20)14-12(13)11(7-8-19-14)16(21)18(17)23-2/h3-6,14-15,19-21H,7-8H2,1-2H3. The van der Waals surface area contributed by atoms with Crippen LogP contribution >= 0.6 is 0 Å². The number of methoxy groups -OCH3 is 2. The number of phenols is 1. The van der Waals surface area contributed by atoms with E-state index in [0.29, 0.717) is 24.5 Å². The highest BCUT2D eigenvalue weighted by Gasteiger charge is 2.40. The predicted octanol–water partition coefficient (Wildman–Crippen LogP) is 2.31. The van der Waals surface area contributed by atoms with E-state index in [4.69, 9.17) is 9.47 Å². The summed E-state index contributed by atoms with van der Waals surface area (Å²) in [6.45, 7) is 0.694. The largest absolute Gasteiger partial charge is 0.504 e. The predicted molar refractivity (Wildman–Crippen MR) is 86.1 cm³/mol. The molecule has 23 heavy (non-hydrogen) atoms. The minimum atomic E-state index is -0.657. The molecule has 5 nitrogen and oxygen atoms in total. The van der Waals surface area contributed by atoms with Crippen LogP contribution in [0.2, 0.25) is 0 Å². The van der Waals surface area contributed by atoms with Crippen LogP contribution < -0.4 is 14.8 Å². The van der Waals surface area contributed by atoms with Crippen molar-refractivity contribution in [3.05, 3.63) is 41.0 Å². The highest BCUT2D eigenvalue weighted by Crippen LogP contribution is 2.57. The van der Waals surface area contributed by atoms with Gasteiger partial charge in [-0.3, -0.25) is 0 Å². The van der Waals surface area contributed by atoms with E-state index >= 15 is 0 Å². The van der Waals surface area contributed by atoms with E-state index in [1.54, 1.807) is 7.11 Å². The number of nitrogens with one attached hydrogen (secondary N) is 1. The number of phenolic OH excluding ortho intramolecular Hbond substituents is 1. The van der Waals surface area contributed by atoms with Gasteiger partial charge in [0.05, 0.1) is 26.4 Å². The highest BCUT2D eigenvalue weighted by molar-refractivity contribution is 5.86. The average molecular weight is 313 g/mol. The molecule has 2 atom stereocenters. The summed E-state index contributed by atoms with van der Waals surface area (Å²) >= 11 is 0. The van der Waals surface area contributed by atoms with E-state index in [-0.39, 0.29) is 11.8 Å². The minimum Gasteiger partial charge on any atom is -0.504 e. The van der Waals surface area contributed by atoms with Crippen molar-refractivity contribution in [3.8, 4) is 28.4 Å². The molecule has 0 fully saturated rings. The van der Waals surface area contributed by atoms with Crippen LogP contribution in [0, 0.1) is 0 Å². The fourth-order valence-electron chi connectivity index (χ4n) is 3.89. The summed E-state index contributed by atoms with van der Waals surface area (Å²) < 4.78 is 11.0. The van der Waals surface area contributed by atoms with Crippen molar-refractivity contribution in [2.45, 2.75) is 18.6 Å². The zero-order valence-electron chi connectivity index (χ0n) is 13.1. The quantitative estimate of drug-likeness (QED) is 0.793. The van der Waals surface area contributed by atoms with Gasteiger partial charge < -0.3 is 25.0 Å². The van der Waals surface area contributed by atoms with E-state index in [0.717, 1.165) is 27.8 Å². The van der Waals surface area contributed by atoms with Gasteiger partial charge in [0.2, 0.25) is 5.75 Å². The van der Waals surface area contributed by atoms with Crippen molar-refractivity contribution in [2.24, 2.45) is 0 Å². The average Bonchev–Trinajstić information content (AvgIpc) is 2.60. The molecule has 2 unspecified atom stereocenters. The monoisotopic (exact) mass is 313 g/mol. The summed E-state index contributed by atoms with van der Waals surface area (Å²) in [5.74, 6) is 0.978. The lowest BCUT2D eigenvalue weighted by Crippen LogP contribution is -2.36.